The van der Waals surface area contributed by atoms with Gasteiger partial charge in [-0.1, -0.05) is 6.07 Å². The second-order valence-electron chi connectivity index (χ2n) is 3.73. The van der Waals surface area contributed by atoms with E-state index in [1.54, 1.807) is 25.5 Å². The molecular formula is C9H14NO3P. The molecule has 0 aliphatic carbocycles. The van der Waals surface area contributed by atoms with Crippen molar-refractivity contribution in [2.75, 3.05) is 19.5 Å². The summed E-state index contributed by atoms with van der Waals surface area (Å²) in [6, 6.07) is 3.23. The summed E-state index contributed by atoms with van der Waals surface area (Å²) in [5.41, 5.74) is 0.0693. The molecule has 0 aromatic carbocycles. The molecule has 0 radical (unpaired) electrons. The van der Waals surface area contributed by atoms with Gasteiger partial charge in [0.25, 0.3) is 5.56 Å². The Balaban J connectivity index is 2.84. The summed E-state index contributed by atoms with van der Waals surface area (Å²) < 4.78 is 12.0. The molecule has 1 N–H and O–H groups in total. The SMILES string of the molecule is CP(C)(=O)CCc1cccn(O)c1=O. The van der Waals surface area contributed by atoms with Crippen molar-refractivity contribution >= 4 is 7.14 Å². The van der Waals surface area contributed by atoms with E-state index in [1.165, 1.54) is 6.20 Å². The lowest BCUT2D eigenvalue weighted by molar-refractivity contribution is 0.174. The minimum Gasteiger partial charge on any atom is -0.425 e. The van der Waals surface area contributed by atoms with Gasteiger partial charge in [0.1, 0.15) is 0 Å². The predicted molar refractivity (Wildman–Crippen MR) is 55.9 cm³/mol. The van der Waals surface area contributed by atoms with Gasteiger partial charge in [0.05, 0.1) is 7.14 Å². The van der Waals surface area contributed by atoms with E-state index < -0.39 is 12.7 Å². The van der Waals surface area contributed by atoms with Crippen molar-refractivity contribution in [3.8, 4) is 0 Å². The molecule has 0 amide bonds. The Labute approximate surface area is 82.5 Å². The normalized spacial score (nSPS) is 11.6. The Bertz CT molecular complexity index is 418. The van der Waals surface area contributed by atoms with Crippen LogP contribution < -0.4 is 5.56 Å². The zero-order valence-electron chi connectivity index (χ0n) is 8.30. The molecule has 1 heterocycles. The Morgan fingerprint density at radius 1 is 1.50 bits per heavy atom. The molecule has 78 valence electrons. The van der Waals surface area contributed by atoms with Crippen molar-refractivity contribution < 1.29 is 9.77 Å². The lowest BCUT2D eigenvalue weighted by atomic mass is 10.2. The largest absolute Gasteiger partial charge is 0.425 e. The standard InChI is InChI=1S/C9H14NO3P/c1-14(2,13)7-5-8-4-3-6-10(12)9(8)11/h3-4,6,12H,5,7H2,1-2H3. The van der Waals surface area contributed by atoms with Crippen LogP contribution in [0.15, 0.2) is 23.1 Å². The van der Waals surface area contributed by atoms with Gasteiger partial charge in [-0.2, -0.15) is 4.73 Å². The monoisotopic (exact) mass is 215 g/mol. The summed E-state index contributed by atoms with van der Waals surface area (Å²) >= 11 is 0. The van der Waals surface area contributed by atoms with Gasteiger partial charge in [0, 0.05) is 17.9 Å². The Morgan fingerprint density at radius 3 is 2.71 bits per heavy atom. The fourth-order valence-electron chi connectivity index (χ4n) is 1.11. The van der Waals surface area contributed by atoms with E-state index >= 15 is 0 Å². The van der Waals surface area contributed by atoms with Crippen molar-refractivity contribution in [1.82, 2.24) is 4.73 Å². The van der Waals surface area contributed by atoms with Gasteiger partial charge >= 0.3 is 0 Å². The van der Waals surface area contributed by atoms with Crippen LogP contribution in [0.2, 0.25) is 0 Å². The fourth-order valence-corrected chi connectivity index (χ4v) is 1.89. The van der Waals surface area contributed by atoms with Crippen molar-refractivity contribution in [3.63, 3.8) is 0 Å². The van der Waals surface area contributed by atoms with Crippen LogP contribution in [0.25, 0.3) is 0 Å². The number of nitrogens with zero attached hydrogens (tertiary/aromatic N) is 1. The van der Waals surface area contributed by atoms with Gasteiger partial charge in [-0.3, -0.25) is 4.79 Å². The Morgan fingerprint density at radius 2 is 2.14 bits per heavy atom. The molecular weight excluding hydrogens is 201 g/mol. The number of aryl methyl sites for hydroxylation is 1. The molecule has 0 atom stereocenters. The van der Waals surface area contributed by atoms with Crippen LogP contribution in [0.5, 0.6) is 0 Å². The van der Waals surface area contributed by atoms with Gasteiger partial charge in [-0.15, -0.1) is 0 Å². The van der Waals surface area contributed by atoms with Gasteiger partial charge in [-0.25, -0.2) is 0 Å². The van der Waals surface area contributed by atoms with Crippen molar-refractivity contribution in [3.05, 3.63) is 34.2 Å². The first-order chi connectivity index (χ1) is 6.40. The number of pyridine rings is 1. The Hall–Kier alpha value is -1.02. The number of hydrogen-bond donors (Lipinski definition) is 1. The van der Waals surface area contributed by atoms with Crippen molar-refractivity contribution in [1.29, 1.82) is 0 Å². The average Bonchev–Trinajstić information content (AvgIpc) is 2.06. The van der Waals surface area contributed by atoms with E-state index in [2.05, 4.69) is 0 Å². The highest BCUT2D eigenvalue weighted by Gasteiger charge is 2.09. The van der Waals surface area contributed by atoms with E-state index in [1.807, 2.05) is 0 Å². The maximum Gasteiger partial charge on any atom is 0.286 e. The summed E-state index contributed by atoms with van der Waals surface area (Å²) in [5, 5.41) is 9.06. The molecule has 14 heavy (non-hydrogen) atoms. The third kappa shape index (κ3) is 3.04. The minimum absolute atomic E-state index is 0.430. The minimum atomic E-state index is -2.10. The molecule has 1 aromatic rings. The molecule has 0 saturated heterocycles. The molecule has 0 spiro atoms. The molecule has 0 saturated carbocycles. The third-order valence-corrected chi connectivity index (χ3v) is 3.23. The van der Waals surface area contributed by atoms with E-state index in [9.17, 15) is 9.36 Å². The van der Waals surface area contributed by atoms with E-state index in [0.717, 1.165) is 0 Å². The highest BCUT2D eigenvalue weighted by atomic mass is 31.2. The molecule has 0 unspecified atom stereocenters. The first-order valence-corrected chi connectivity index (χ1v) is 7.12. The summed E-state index contributed by atoms with van der Waals surface area (Å²) in [4.78, 5) is 11.3. The number of rotatable bonds is 3. The third-order valence-electron chi connectivity index (χ3n) is 1.93. The maximum atomic E-state index is 11.4. The molecule has 0 aliphatic heterocycles. The van der Waals surface area contributed by atoms with Crippen LogP contribution in [-0.2, 0) is 11.0 Å². The maximum absolute atomic E-state index is 11.4. The number of hydrogen-bond acceptors (Lipinski definition) is 3. The van der Waals surface area contributed by atoms with Gasteiger partial charge in [0.2, 0.25) is 0 Å². The zero-order chi connectivity index (χ0) is 10.8. The zero-order valence-corrected chi connectivity index (χ0v) is 9.20. The van der Waals surface area contributed by atoms with Crippen LogP contribution in [0.4, 0.5) is 0 Å². The second kappa shape index (κ2) is 4.01. The summed E-state index contributed by atoms with van der Waals surface area (Å²) in [6.07, 6.45) is 2.22. The predicted octanol–water partition coefficient (Wildman–Crippen LogP) is 1.25. The quantitative estimate of drug-likeness (QED) is 0.609. The Kier molecular flexibility index (Phi) is 3.17. The lowest BCUT2D eigenvalue weighted by Gasteiger charge is -2.05. The highest BCUT2D eigenvalue weighted by Crippen LogP contribution is 2.35. The fraction of sp³-hybridized carbons (Fsp3) is 0.444. The molecule has 4 nitrogen and oxygen atoms in total. The molecule has 0 aliphatic rings. The second-order valence-corrected chi connectivity index (χ2v) is 7.33. The van der Waals surface area contributed by atoms with E-state index in [0.29, 0.717) is 22.9 Å². The van der Waals surface area contributed by atoms with Crippen LogP contribution in [0.1, 0.15) is 5.56 Å². The molecule has 1 rings (SSSR count). The molecule has 5 heteroatoms. The van der Waals surface area contributed by atoms with Crippen molar-refractivity contribution in [2.45, 2.75) is 6.42 Å². The first-order valence-electron chi connectivity index (χ1n) is 4.34. The first kappa shape index (κ1) is 11.1. The van der Waals surface area contributed by atoms with E-state index in [-0.39, 0.29) is 0 Å². The smallest absolute Gasteiger partial charge is 0.286 e. The summed E-state index contributed by atoms with van der Waals surface area (Å²) in [5.74, 6) is 0. The van der Waals surface area contributed by atoms with Gasteiger partial charge in [-0.05, 0) is 25.8 Å². The summed E-state index contributed by atoms with van der Waals surface area (Å²) in [7, 11) is -2.10. The van der Waals surface area contributed by atoms with Gasteiger partial charge in [0.15, 0.2) is 0 Å². The van der Waals surface area contributed by atoms with Crippen LogP contribution in [0.3, 0.4) is 0 Å². The topological polar surface area (TPSA) is 59.3 Å². The molecule has 0 bridgehead atoms. The van der Waals surface area contributed by atoms with E-state index in [4.69, 9.17) is 5.21 Å². The molecule has 0 fully saturated rings. The van der Waals surface area contributed by atoms with Gasteiger partial charge < -0.3 is 9.77 Å². The lowest BCUT2D eigenvalue weighted by Crippen LogP contribution is -2.21. The van der Waals surface area contributed by atoms with Crippen LogP contribution >= 0.6 is 7.14 Å². The summed E-state index contributed by atoms with van der Waals surface area (Å²) in [6.45, 7) is 3.38. The van der Waals surface area contributed by atoms with Crippen LogP contribution in [-0.4, -0.2) is 29.4 Å². The highest BCUT2D eigenvalue weighted by molar-refractivity contribution is 7.62. The number of aromatic nitrogens is 1. The molecule has 1 aromatic heterocycles. The van der Waals surface area contributed by atoms with Crippen LogP contribution in [0, 0.1) is 0 Å². The average molecular weight is 215 g/mol. The van der Waals surface area contributed by atoms with Crippen molar-refractivity contribution in [2.24, 2.45) is 0 Å².